The molecule has 3 heterocycles. The van der Waals surface area contributed by atoms with Crippen molar-refractivity contribution >= 4 is 12.0 Å². The Balaban J connectivity index is 1.62. The highest BCUT2D eigenvalue weighted by Gasteiger charge is 2.28. The molecule has 2 aromatic rings. The third kappa shape index (κ3) is 4.16. The molecule has 26 heavy (non-hydrogen) atoms. The summed E-state index contributed by atoms with van der Waals surface area (Å²) < 4.78 is 7.01. The molecule has 0 aliphatic carbocycles. The number of piperazine rings is 1. The third-order valence-electron chi connectivity index (χ3n) is 3.82. The summed E-state index contributed by atoms with van der Waals surface area (Å²) in [6, 6.07) is 1.59. The van der Waals surface area contributed by atoms with E-state index in [1.165, 1.54) is 0 Å². The van der Waals surface area contributed by atoms with Crippen molar-refractivity contribution in [3.63, 3.8) is 0 Å². The maximum atomic E-state index is 12.7. The van der Waals surface area contributed by atoms with E-state index in [-0.39, 0.29) is 12.0 Å². The molecule has 0 saturated carbocycles. The topological polar surface area (TPSA) is 93.5 Å². The summed E-state index contributed by atoms with van der Waals surface area (Å²) >= 11 is 0. The summed E-state index contributed by atoms with van der Waals surface area (Å²) in [6.07, 6.45) is 6.10. The Bertz CT molecular complexity index is 776. The van der Waals surface area contributed by atoms with Gasteiger partial charge in [-0.05, 0) is 26.8 Å². The van der Waals surface area contributed by atoms with Gasteiger partial charge in [0.15, 0.2) is 0 Å². The maximum Gasteiger partial charge on any atom is 0.410 e. The summed E-state index contributed by atoms with van der Waals surface area (Å²) in [5, 5.41) is 0. The van der Waals surface area contributed by atoms with E-state index in [1.54, 1.807) is 45.4 Å². The summed E-state index contributed by atoms with van der Waals surface area (Å²) in [5.41, 5.74) is -0.219. The van der Waals surface area contributed by atoms with Gasteiger partial charge in [-0.2, -0.15) is 0 Å². The van der Waals surface area contributed by atoms with Gasteiger partial charge in [-0.25, -0.2) is 19.7 Å². The minimum Gasteiger partial charge on any atom is -0.444 e. The lowest BCUT2D eigenvalue weighted by molar-refractivity contribution is 0.0140. The lowest BCUT2D eigenvalue weighted by Gasteiger charge is -2.35. The van der Waals surface area contributed by atoms with Crippen molar-refractivity contribution in [2.24, 2.45) is 0 Å². The SMILES string of the molecule is CC(C)(C)OC(=O)N1CCN(C(=O)c2ccnc(-n3ccnc3)n2)CC1. The van der Waals surface area contributed by atoms with E-state index >= 15 is 0 Å². The van der Waals surface area contributed by atoms with Gasteiger partial charge in [0.05, 0.1) is 0 Å². The largest absolute Gasteiger partial charge is 0.444 e. The second-order valence-corrected chi connectivity index (χ2v) is 6.97. The van der Waals surface area contributed by atoms with E-state index < -0.39 is 5.60 Å². The zero-order valence-electron chi connectivity index (χ0n) is 15.1. The van der Waals surface area contributed by atoms with Crippen LogP contribution in [0.4, 0.5) is 4.79 Å². The highest BCUT2D eigenvalue weighted by Crippen LogP contribution is 2.13. The summed E-state index contributed by atoms with van der Waals surface area (Å²) in [6.45, 7) is 7.22. The molecule has 2 amide bonds. The second-order valence-electron chi connectivity index (χ2n) is 6.97. The van der Waals surface area contributed by atoms with Crippen LogP contribution >= 0.6 is 0 Å². The molecule has 138 valence electrons. The predicted molar refractivity (Wildman–Crippen MR) is 92.9 cm³/mol. The highest BCUT2D eigenvalue weighted by atomic mass is 16.6. The number of aromatic nitrogens is 4. The van der Waals surface area contributed by atoms with Gasteiger partial charge in [-0.1, -0.05) is 0 Å². The number of nitrogens with zero attached hydrogens (tertiary/aromatic N) is 6. The Hall–Kier alpha value is -2.97. The van der Waals surface area contributed by atoms with Gasteiger partial charge in [-0.3, -0.25) is 9.36 Å². The summed E-state index contributed by atoms with van der Waals surface area (Å²) in [5.74, 6) is 0.207. The molecule has 9 heteroatoms. The Morgan fingerprint density at radius 2 is 1.77 bits per heavy atom. The molecule has 0 bridgehead atoms. The molecule has 1 aliphatic rings. The van der Waals surface area contributed by atoms with Gasteiger partial charge >= 0.3 is 6.09 Å². The lowest BCUT2D eigenvalue weighted by atomic mass is 10.2. The van der Waals surface area contributed by atoms with Crippen LogP contribution in [0.3, 0.4) is 0 Å². The smallest absolute Gasteiger partial charge is 0.410 e. The first kappa shape index (κ1) is 17.8. The molecule has 0 N–H and O–H groups in total. The van der Waals surface area contributed by atoms with E-state index in [2.05, 4.69) is 15.0 Å². The third-order valence-corrected chi connectivity index (χ3v) is 3.82. The lowest BCUT2D eigenvalue weighted by Crippen LogP contribution is -2.51. The van der Waals surface area contributed by atoms with Crippen LogP contribution in [-0.4, -0.2) is 73.1 Å². The van der Waals surface area contributed by atoms with Crippen molar-refractivity contribution in [3.8, 4) is 5.95 Å². The Morgan fingerprint density at radius 3 is 2.38 bits per heavy atom. The zero-order chi connectivity index (χ0) is 18.7. The molecule has 1 fully saturated rings. The minimum absolute atomic E-state index is 0.183. The van der Waals surface area contributed by atoms with Crippen molar-refractivity contribution in [2.45, 2.75) is 26.4 Å². The van der Waals surface area contributed by atoms with E-state index in [0.29, 0.717) is 37.8 Å². The average molecular weight is 358 g/mol. The van der Waals surface area contributed by atoms with Gasteiger partial charge < -0.3 is 14.5 Å². The fourth-order valence-corrected chi connectivity index (χ4v) is 2.55. The van der Waals surface area contributed by atoms with Gasteiger partial charge in [0.1, 0.15) is 17.6 Å². The minimum atomic E-state index is -0.533. The first-order valence-corrected chi connectivity index (χ1v) is 8.42. The fraction of sp³-hybridized carbons (Fsp3) is 0.471. The van der Waals surface area contributed by atoms with Gasteiger partial charge in [0.25, 0.3) is 5.91 Å². The van der Waals surface area contributed by atoms with Crippen LogP contribution in [0.15, 0.2) is 31.0 Å². The highest BCUT2D eigenvalue weighted by molar-refractivity contribution is 5.92. The van der Waals surface area contributed by atoms with Gasteiger partial charge in [-0.15, -0.1) is 0 Å². The molecule has 0 radical (unpaired) electrons. The molecule has 3 rings (SSSR count). The zero-order valence-corrected chi connectivity index (χ0v) is 15.1. The number of amides is 2. The molecule has 0 aromatic carbocycles. The number of hydrogen-bond donors (Lipinski definition) is 0. The Labute approximate surface area is 151 Å². The molecular weight excluding hydrogens is 336 g/mol. The number of ether oxygens (including phenoxy) is 1. The van der Waals surface area contributed by atoms with Crippen molar-refractivity contribution in [1.29, 1.82) is 0 Å². The number of imidazole rings is 1. The van der Waals surface area contributed by atoms with Crippen LogP contribution in [0, 0.1) is 0 Å². The normalized spacial score (nSPS) is 15.0. The molecule has 0 atom stereocenters. The van der Waals surface area contributed by atoms with E-state index in [0.717, 1.165) is 0 Å². The number of carbonyl (C=O) groups is 2. The monoisotopic (exact) mass is 358 g/mol. The van der Waals surface area contributed by atoms with Gasteiger partial charge in [0, 0.05) is 44.8 Å². The predicted octanol–water partition coefficient (Wildman–Crippen LogP) is 1.36. The number of carbonyl (C=O) groups excluding carboxylic acids is 2. The first-order valence-electron chi connectivity index (χ1n) is 8.42. The average Bonchev–Trinajstić information content (AvgIpc) is 3.14. The van der Waals surface area contributed by atoms with Crippen LogP contribution < -0.4 is 0 Å². The first-order chi connectivity index (χ1) is 12.3. The molecule has 9 nitrogen and oxygen atoms in total. The Kier molecular flexibility index (Phi) is 4.88. The van der Waals surface area contributed by atoms with Crippen molar-refractivity contribution in [1.82, 2.24) is 29.3 Å². The van der Waals surface area contributed by atoms with Crippen LogP contribution in [0.5, 0.6) is 0 Å². The molecule has 0 unspecified atom stereocenters. The van der Waals surface area contributed by atoms with Gasteiger partial charge in [0.2, 0.25) is 5.95 Å². The van der Waals surface area contributed by atoms with Crippen molar-refractivity contribution in [2.75, 3.05) is 26.2 Å². The standard InChI is InChI=1S/C17H22N6O3/c1-17(2,3)26-16(25)22-10-8-21(9-11-22)14(24)13-4-5-19-15(20-13)23-7-6-18-12-23/h4-7,12H,8-11H2,1-3H3. The Morgan fingerprint density at radius 1 is 1.08 bits per heavy atom. The van der Waals surface area contributed by atoms with E-state index in [4.69, 9.17) is 4.74 Å². The van der Waals surface area contributed by atoms with Crippen LogP contribution in [-0.2, 0) is 4.74 Å². The molecule has 2 aromatic heterocycles. The van der Waals surface area contributed by atoms with E-state index in [1.807, 2.05) is 20.8 Å². The van der Waals surface area contributed by atoms with E-state index in [9.17, 15) is 9.59 Å². The molecule has 1 aliphatic heterocycles. The molecule has 1 saturated heterocycles. The summed E-state index contributed by atoms with van der Waals surface area (Å²) in [4.78, 5) is 40.5. The number of hydrogen-bond acceptors (Lipinski definition) is 6. The molecule has 0 spiro atoms. The summed E-state index contributed by atoms with van der Waals surface area (Å²) in [7, 11) is 0. The number of rotatable bonds is 2. The fourth-order valence-electron chi connectivity index (χ4n) is 2.55. The van der Waals surface area contributed by atoms with Crippen molar-refractivity contribution in [3.05, 3.63) is 36.7 Å². The van der Waals surface area contributed by atoms with Crippen LogP contribution in [0.25, 0.3) is 5.95 Å². The second kappa shape index (κ2) is 7.11. The maximum absolute atomic E-state index is 12.7. The van der Waals surface area contributed by atoms with Crippen LogP contribution in [0.1, 0.15) is 31.3 Å². The quantitative estimate of drug-likeness (QED) is 0.805. The van der Waals surface area contributed by atoms with Crippen LogP contribution in [0.2, 0.25) is 0 Å². The van der Waals surface area contributed by atoms with Crippen molar-refractivity contribution < 1.29 is 14.3 Å². The molecular formula is C17H22N6O3.